The van der Waals surface area contributed by atoms with Crippen molar-refractivity contribution in [3.63, 3.8) is 0 Å². The van der Waals surface area contributed by atoms with E-state index in [0.717, 1.165) is 5.56 Å². The molecule has 0 aliphatic rings. The number of nitro groups is 1. The zero-order valence-corrected chi connectivity index (χ0v) is 11.2. The molecule has 1 aromatic carbocycles. The summed E-state index contributed by atoms with van der Waals surface area (Å²) < 4.78 is 5.48. The molecule has 1 heterocycles. The van der Waals surface area contributed by atoms with E-state index in [9.17, 15) is 10.1 Å². The van der Waals surface area contributed by atoms with Gasteiger partial charge in [0, 0.05) is 12.6 Å². The highest BCUT2D eigenvalue weighted by Crippen LogP contribution is 2.31. The van der Waals surface area contributed by atoms with E-state index in [4.69, 9.17) is 4.74 Å². The van der Waals surface area contributed by atoms with Gasteiger partial charge >= 0.3 is 5.69 Å². The number of hydrogen-bond acceptors (Lipinski definition) is 6. The number of ether oxygens (including phenoxy) is 1. The van der Waals surface area contributed by atoms with Gasteiger partial charge in [-0.1, -0.05) is 6.07 Å². The molecule has 0 aliphatic heterocycles. The fourth-order valence-electron chi connectivity index (χ4n) is 1.63. The van der Waals surface area contributed by atoms with Crippen molar-refractivity contribution in [1.29, 1.82) is 0 Å². The predicted octanol–water partition coefficient (Wildman–Crippen LogP) is 2.92. The third-order valence-electron chi connectivity index (χ3n) is 2.50. The fourth-order valence-corrected chi connectivity index (χ4v) is 1.63. The van der Waals surface area contributed by atoms with Crippen molar-refractivity contribution in [3.8, 4) is 11.6 Å². The first-order chi connectivity index (χ1) is 9.60. The van der Waals surface area contributed by atoms with Crippen LogP contribution in [0.4, 0.5) is 11.5 Å². The summed E-state index contributed by atoms with van der Waals surface area (Å²) in [4.78, 5) is 18.6. The van der Waals surface area contributed by atoms with Crippen LogP contribution in [0.2, 0.25) is 0 Å². The number of aromatic nitrogens is 2. The van der Waals surface area contributed by atoms with Gasteiger partial charge in [-0.2, -0.15) is 4.98 Å². The third-order valence-corrected chi connectivity index (χ3v) is 2.50. The Bertz CT molecular complexity index is 631. The molecule has 0 saturated heterocycles. The average Bonchev–Trinajstić information content (AvgIpc) is 2.39. The van der Waals surface area contributed by atoms with Crippen LogP contribution < -0.4 is 10.1 Å². The van der Waals surface area contributed by atoms with Gasteiger partial charge in [0.05, 0.1) is 17.3 Å². The minimum absolute atomic E-state index is 0.105. The lowest BCUT2D eigenvalue weighted by Gasteiger charge is -2.07. The van der Waals surface area contributed by atoms with Gasteiger partial charge in [-0.05, 0) is 25.5 Å². The van der Waals surface area contributed by atoms with Crippen LogP contribution in [-0.4, -0.2) is 21.4 Å². The molecule has 104 valence electrons. The first-order valence-electron chi connectivity index (χ1n) is 6.09. The Labute approximate surface area is 115 Å². The van der Waals surface area contributed by atoms with Gasteiger partial charge < -0.3 is 10.1 Å². The number of aryl methyl sites for hydroxylation is 1. The Morgan fingerprint density at radius 1 is 1.40 bits per heavy atom. The monoisotopic (exact) mass is 274 g/mol. The van der Waals surface area contributed by atoms with Gasteiger partial charge in [0.1, 0.15) is 5.82 Å². The van der Waals surface area contributed by atoms with Crippen molar-refractivity contribution >= 4 is 11.5 Å². The lowest BCUT2D eigenvalue weighted by Crippen LogP contribution is -2.01. The van der Waals surface area contributed by atoms with Crippen LogP contribution >= 0.6 is 0 Å². The van der Waals surface area contributed by atoms with Crippen LogP contribution in [0, 0.1) is 17.0 Å². The molecule has 7 nitrogen and oxygen atoms in total. The van der Waals surface area contributed by atoms with Crippen molar-refractivity contribution in [2.45, 2.75) is 13.8 Å². The van der Waals surface area contributed by atoms with Crippen LogP contribution in [0.5, 0.6) is 11.6 Å². The summed E-state index contributed by atoms with van der Waals surface area (Å²) in [5, 5.41) is 14.0. The summed E-state index contributed by atoms with van der Waals surface area (Å²) in [5.74, 6) is 0.912. The third kappa shape index (κ3) is 3.19. The van der Waals surface area contributed by atoms with Crippen molar-refractivity contribution < 1.29 is 9.66 Å². The molecule has 2 rings (SSSR count). The van der Waals surface area contributed by atoms with E-state index in [1.54, 1.807) is 18.3 Å². The molecule has 7 heteroatoms. The largest absolute Gasteiger partial charge is 0.430 e. The summed E-state index contributed by atoms with van der Waals surface area (Å²) in [7, 11) is 0. The second-order valence-corrected chi connectivity index (χ2v) is 4.10. The van der Waals surface area contributed by atoms with Gasteiger partial charge in [-0.3, -0.25) is 15.1 Å². The molecular weight excluding hydrogens is 260 g/mol. The number of anilines is 1. The molecule has 2 aromatic rings. The second kappa shape index (κ2) is 5.96. The van der Waals surface area contributed by atoms with E-state index in [1.807, 2.05) is 13.8 Å². The Morgan fingerprint density at radius 3 is 2.90 bits per heavy atom. The molecule has 0 bridgehead atoms. The topological polar surface area (TPSA) is 90.2 Å². The summed E-state index contributed by atoms with van der Waals surface area (Å²) in [5.41, 5.74) is 0.757. The highest BCUT2D eigenvalue weighted by Gasteiger charge is 2.16. The summed E-state index contributed by atoms with van der Waals surface area (Å²) in [6, 6.07) is 4.66. The van der Waals surface area contributed by atoms with E-state index < -0.39 is 4.92 Å². The molecule has 0 atom stereocenters. The van der Waals surface area contributed by atoms with Crippen LogP contribution in [0.25, 0.3) is 0 Å². The van der Waals surface area contributed by atoms with Crippen LogP contribution in [0.15, 0.2) is 30.6 Å². The lowest BCUT2D eigenvalue weighted by atomic mass is 10.2. The van der Waals surface area contributed by atoms with E-state index in [0.29, 0.717) is 12.4 Å². The lowest BCUT2D eigenvalue weighted by molar-refractivity contribution is -0.385. The molecule has 20 heavy (non-hydrogen) atoms. The number of nitrogens with zero attached hydrogens (tertiary/aromatic N) is 3. The van der Waals surface area contributed by atoms with Crippen LogP contribution in [0.3, 0.4) is 0 Å². The normalized spacial score (nSPS) is 10.1. The number of nitro benzene ring substituents is 1. The Morgan fingerprint density at radius 2 is 2.20 bits per heavy atom. The predicted molar refractivity (Wildman–Crippen MR) is 74.1 cm³/mol. The second-order valence-electron chi connectivity index (χ2n) is 4.10. The minimum Gasteiger partial charge on any atom is -0.430 e. The molecule has 0 radical (unpaired) electrons. The van der Waals surface area contributed by atoms with Gasteiger partial charge in [-0.15, -0.1) is 0 Å². The number of benzene rings is 1. The van der Waals surface area contributed by atoms with Crippen LogP contribution in [-0.2, 0) is 0 Å². The highest BCUT2D eigenvalue weighted by atomic mass is 16.6. The van der Waals surface area contributed by atoms with Gasteiger partial charge in [0.15, 0.2) is 0 Å². The first-order valence-corrected chi connectivity index (χ1v) is 6.09. The molecule has 0 amide bonds. The molecule has 1 aromatic heterocycles. The Hall–Kier alpha value is -2.70. The quantitative estimate of drug-likeness (QED) is 0.666. The summed E-state index contributed by atoms with van der Waals surface area (Å²) in [6.07, 6.45) is 2.97. The zero-order valence-electron chi connectivity index (χ0n) is 11.2. The molecule has 0 spiro atoms. The number of nitrogens with one attached hydrogen (secondary N) is 1. The SMILES string of the molecule is CCNc1cncc(Oc2cc(C)ccc2[N+](=O)[O-])n1. The zero-order chi connectivity index (χ0) is 14.5. The average molecular weight is 274 g/mol. The molecule has 0 saturated carbocycles. The standard InChI is InChI=1S/C13H14N4O3/c1-3-15-12-7-14-8-13(16-12)20-11-6-9(2)4-5-10(11)17(18)19/h4-8H,3H2,1-2H3,(H,15,16). The van der Waals surface area contributed by atoms with E-state index >= 15 is 0 Å². The summed E-state index contributed by atoms with van der Waals surface area (Å²) >= 11 is 0. The smallest absolute Gasteiger partial charge is 0.311 e. The van der Waals surface area contributed by atoms with Crippen molar-refractivity contribution in [1.82, 2.24) is 9.97 Å². The Kier molecular flexibility index (Phi) is 4.09. The van der Waals surface area contributed by atoms with Crippen LogP contribution in [0.1, 0.15) is 12.5 Å². The van der Waals surface area contributed by atoms with Gasteiger partial charge in [-0.25, -0.2) is 0 Å². The molecule has 0 aliphatic carbocycles. The Balaban J connectivity index is 2.31. The maximum absolute atomic E-state index is 11.0. The van der Waals surface area contributed by atoms with Crippen molar-refractivity contribution in [2.24, 2.45) is 0 Å². The van der Waals surface area contributed by atoms with Crippen molar-refractivity contribution in [3.05, 3.63) is 46.3 Å². The molecule has 0 fully saturated rings. The molecule has 1 N–H and O–H groups in total. The maximum atomic E-state index is 11.0. The van der Waals surface area contributed by atoms with E-state index in [-0.39, 0.29) is 17.3 Å². The van der Waals surface area contributed by atoms with E-state index in [1.165, 1.54) is 12.3 Å². The van der Waals surface area contributed by atoms with Crippen molar-refractivity contribution in [2.75, 3.05) is 11.9 Å². The number of rotatable bonds is 5. The summed E-state index contributed by atoms with van der Waals surface area (Å²) in [6.45, 7) is 4.46. The fraction of sp³-hybridized carbons (Fsp3) is 0.231. The highest BCUT2D eigenvalue weighted by molar-refractivity contribution is 5.49. The van der Waals surface area contributed by atoms with E-state index in [2.05, 4.69) is 15.3 Å². The van der Waals surface area contributed by atoms with Gasteiger partial charge in [0.2, 0.25) is 11.6 Å². The molecule has 0 unspecified atom stereocenters. The molecular formula is C13H14N4O3. The number of hydrogen-bond donors (Lipinski definition) is 1. The minimum atomic E-state index is -0.490. The maximum Gasteiger partial charge on any atom is 0.311 e. The van der Waals surface area contributed by atoms with Gasteiger partial charge in [0.25, 0.3) is 0 Å². The first kappa shape index (κ1) is 13.7.